The summed E-state index contributed by atoms with van der Waals surface area (Å²) < 4.78 is 11.4. The van der Waals surface area contributed by atoms with Gasteiger partial charge in [0, 0.05) is 11.8 Å². The Morgan fingerprint density at radius 2 is 1.20 bits per heavy atom. The number of rotatable bonds is 15. The highest BCUT2D eigenvalue weighted by molar-refractivity contribution is 6.30. The molecule has 0 fully saturated rings. The zero-order valence-electron chi connectivity index (χ0n) is 15.7. The minimum absolute atomic E-state index is 0.657. The first-order valence-corrected chi connectivity index (χ1v) is 10.2. The highest BCUT2D eigenvalue weighted by Gasteiger charge is 1.97. The Morgan fingerprint density at radius 3 is 1.72 bits per heavy atom. The third-order valence-electron chi connectivity index (χ3n) is 4.12. The zero-order valence-corrected chi connectivity index (χ0v) is 16.5. The molecule has 0 unspecified atom stereocenters. The summed E-state index contributed by atoms with van der Waals surface area (Å²) in [7, 11) is 0. The van der Waals surface area contributed by atoms with Crippen molar-refractivity contribution in [3.63, 3.8) is 0 Å². The lowest BCUT2D eigenvalue weighted by molar-refractivity contribution is 0.299. The fourth-order valence-corrected chi connectivity index (χ4v) is 2.73. The minimum atomic E-state index is 0.657. The normalized spacial score (nSPS) is 10.2. The van der Waals surface area contributed by atoms with Crippen LogP contribution >= 0.6 is 11.6 Å². The molecule has 140 valence electrons. The van der Waals surface area contributed by atoms with E-state index in [9.17, 15) is 0 Å². The number of hydrogen-bond donors (Lipinski definition) is 0. The molecule has 0 amide bonds. The molecular formula is C22H33ClO2. The van der Waals surface area contributed by atoms with Crippen LogP contribution in [0.4, 0.5) is 0 Å². The predicted octanol–water partition coefficient (Wildman–Crippen LogP) is 6.95. The minimum Gasteiger partial charge on any atom is -0.494 e. The summed E-state index contributed by atoms with van der Waals surface area (Å²) in [6.45, 7) is 3.72. The lowest BCUT2D eigenvalue weighted by Crippen LogP contribution is -1.99. The third kappa shape index (κ3) is 12.7. The maximum atomic E-state index is 5.79. The molecule has 1 rings (SSSR count). The van der Waals surface area contributed by atoms with Gasteiger partial charge in [0.2, 0.25) is 0 Å². The van der Waals surface area contributed by atoms with Crippen LogP contribution in [0.1, 0.15) is 77.6 Å². The Hall–Kier alpha value is -1.33. The van der Waals surface area contributed by atoms with E-state index >= 15 is 0 Å². The van der Waals surface area contributed by atoms with Gasteiger partial charge in [-0.1, -0.05) is 64.2 Å². The molecule has 0 radical (unpaired) electrons. The SMILES string of the molecule is CCCCCCCCCCCOc1ccc(OCCCC#CCl)cc1. The molecule has 1 aromatic rings. The van der Waals surface area contributed by atoms with Crippen molar-refractivity contribution in [1.29, 1.82) is 0 Å². The van der Waals surface area contributed by atoms with E-state index in [4.69, 9.17) is 21.1 Å². The average Bonchev–Trinajstić information content (AvgIpc) is 2.64. The number of halogens is 1. The van der Waals surface area contributed by atoms with Crippen LogP contribution < -0.4 is 9.47 Å². The standard InChI is InChI=1S/C22H33ClO2/c1-2-3-4-5-6-7-8-9-12-19-24-21-14-16-22(17-15-21)25-20-13-10-11-18-23/h14-17H,2-10,12-13,19-20H2,1H3. The van der Waals surface area contributed by atoms with Crippen molar-refractivity contribution in [2.75, 3.05) is 13.2 Å². The van der Waals surface area contributed by atoms with Crippen molar-refractivity contribution >= 4 is 11.6 Å². The number of benzene rings is 1. The number of unbranched alkanes of at least 4 members (excludes halogenated alkanes) is 9. The summed E-state index contributed by atoms with van der Waals surface area (Å²) in [5.74, 6) is 4.60. The highest BCUT2D eigenvalue weighted by Crippen LogP contribution is 2.18. The van der Waals surface area contributed by atoms with E-state index in [2.05, 4.69) is 18.2 Å². The number of ether oxygens (including phenoxy) is 2. The van der Waals surface area contributed by atoms with Crippen molar-refractivity contribution in [3.8, 4) is 22.8 Å². The second kappa shape index (κ2) is 16.2. The molecule has 0 aromatic heterocycles. The van der Waals surface area contributed by atoms with Crippen LogP contribution in [0.15, 0.2) is 24.3 Å². The Kier molecular flexibility index (Phi) is 14.0. The maximum absolute atomic E-state index is 5.79. The van der Waals surface area contributed by atoms with Crippen molar-refractivity contribution in [2.24, 2.45) is 0 Å². The van der Waals surface area contributed by atoms with Crippen molar-refractivity contribution in [1.82, 2.24) is 0 Å². The third-order valence-corrected chi connectivity index (χ3v) is 4.26. The maximum Gasteiger partial charge on any atom is 0.119 e. The fraction of sp³-hybridized carbons (Fsp3) is 0.636. The van der Waals surface area contributed by atoms with Crippen molar-refractivity contribution in [2.45, 2.75) is 77.6 Å². The molecule has 0 aliphatic carbocycles. The van der Waals surface area contributed by atoms with E-state index in [-0.39, 0.29) is 0 Å². The molecule has 0 saturated carbocycles. The molecule has 1 aromatic carbocycles. The summed E-state index contributed by atoms with van der Waals surface area (Å²) in [6.07, 6.45) is 13.7. The van der Waals surface area contributed by atoms with E-state index in [1.54, 1.807) is 0 Å². The van der Waals surface area contributed by atoms with E-state index < -0.39 is 0 Å². The lowest BCUT2D eigenvalue weighted by atomic mass is 10.1. The molecule has 2 nitrogen and oxygen atoms in total. The molecule has 0 atom stereocenters. The van der Waals surface area contributed by atoms with Gasteiger partial charge in [-0.05, 0) is 48.7 Å². The van der Waals surface area contributed by atoms with Crippen molar-refractivity contribution in [3.05, 3.63) is 24.3 Å². The van der Waals surface area contributed by atoms with Gasteiger partial charge in [-0.3, -0.25) is 0 Å². The monoisotopic (exact) mass is 364 g/mol. The van der Waals surface area contributed by atoms with Crippen LogP contribution in [0.5, 0.6) is 11.5 Å². The second-order valence-corrected chi connectivity index (χ2v) is 6.56. The zero-order chi connectivity index (χ0) is 18.0. The van der Waals surface area contributed by atoms with Gasteiger partial charge >= 0.3 is 0 Å². The first-order valence-electron chi connectivity index (χ1n) is 9.81. The van der Waals surface area contributed by atoms with Crippen LogP contribution in [0.2, 0.25) is 0 Å². The van der Waals surface area contributed by atoms with Crippen LogP contribution in [-0.2, 0) is 0 Å². The van der Waals surface area contributed by atoms with Crippen LogP contribution in [0.25, 0.3) is 0 Å². The topological polar surface area (TPSA) is 18.5 Å². The fourth-order valence-electron chi connectivity index (χ4n) is 2.63. The Morgan fingerprint density at radius 1 is 0.720 bits per heavy atom. The van der Waals surface area contributed by atoms with Gasteiger partial charge in [0.1, 0.15) is 11.5 Å². The largest absolute Gasteiger partial charge is 0.494 e. The van der Waals surface area contributed by atoms with Gasteiger partial charge < -0.3 is 9.47 Å². The van der Waals surface area contributed by atoms with Gasteiger partial charge in [-0.25, -0.2) is 0 Å². The predicted molar refractivity (Wildman–Crippen MR) is 108 cm³/mol. The molecule has 0 saturated heterocycles. The van der Waals surface area contributed by atoms with Gasteiger partial charge in [-0.2, -0.15) is 0 Å². The molecule has 0 spiro atoms. The first-order chi connectivity index (χ1) is 12.4. The molecule has 25 heavy (non-hydrogen) atoms. The highest BCUT2D eigenvalue weighted by atomic mass is 35.5. The summed E-state index contributed by atoms with van der Waals surface area (Å²) in [6, 6.07) is 7.86. The molecule has 0 aliphatic rings. The molecular weight excluding hydrogens is 332 g/mol. The second-order valence-electron chi connectivity index (χ2n) is 6.37. The van der Waals surface area contributed by atoms with Crippen LogP contribution in [0.3, 0.4) is 0 Å². The molecule has 0 bridgehead atoms. The summed E-state index contributed by atoms with van der Waals surface area (Å²) in [5, 5.41) is 2.37. The Bertz CT molecular complexity index is 473. The van der Waals surface area contributed by atoms with Crippen LogP contribution in [0, 0.1) is 11.3 Å². The molecule has 0 N–H and O–H groups in total. The summed E-state index contributed by atoms with van der Waals surface area (Å²) in [4.78, 5) is 0. The average molecular weight is 365 g/mol. The lowest BCUT2D eigenvalue weighted by Gasteiger charge is -2.08. The first kappa shape index (κ1) is 21.7. The van der Waals surface area contributed by atoms with Gasteiger partial charge in [0.15, 0.2) is 0 Å². The summed E-state index contributed by atoms with van der Waals surface area (Å²) in [5.41, 5.74) is 0. The van der Waals surface area contributed by atoms with E-state index in [1.165, 1.54) is 51.4 Å². The quantitative estimate of drug-likeness (QED) is 0.247. The Balaban J connectivity index is 1.99. The van der Waals surface area contributed by atoms with Gasteiger partial charge in [0.05, 0.1) is 13.2 Å². The summed E-state index contributed by atoms with van der Waals surface area (Å²) >= 11 is 5.30. The molecule has 0 aliphatic heterocycles. The van der Waals surface area contributed by atoms with E-state index in [0.29, 0.717) is 6.61 Å². The Labute approximate surface area is 159 Å². The smallest absolute Gasteiger partial charge is 0.119 e. The van der Waals surface area contributed by atoms with Gasteiger partial charge in [-0.15, -0.1) is 0 Å². The van der Waals surface area contributed by atoms with E-state index in [0.717, 1.165) is 37.4 Å². The van der Waals surface area contributed by atoms with Crippen molar-refractivity contribution < 1.29 is 9.47 Å². The van der Waals surface area contributed by atoms with E-state index in [1.807, 2.05) is 24.3 Å². The molecule has 0 heterocycles. The number of hydrogen-bond acceptors (Lipinski definition) is 2. The van der Waals surface area contributed by atoms with Gasteiger partial charge in [0.25, 0.3) is 0 Å². The van der Waals surface area contributed by atoms with Crippen LogP contribution in [-0.4, -0.2) is 13.2 Å². The molecule has 3 heteroatoms.